The van der Waals surface area contributed by atoms with Crippen LogP contribution < -0.4 is 20.9 Å². The average molecular weight is 469 g/mol. The first kappa shape index (κ1) is 22.6. The fourth-order valence-corrected chi connectivity index (χ4v) is 3.54. The van der Waals surface area contributed by atoms with Gasteiger partial charge in [-0.2, -0.15) is 0 Å². The van der Waals surface area contributed by atoms with Gasteiger partial charge in [-0.3, -0.25) is 9.59 Å². The zero-order chi connectivity index (χ0) is 23.2. The zero-order valence-corrected chi connectivity index (χ0v) is 18.4. The van der Waals surface area contributed by atoms with Crippen molar-refractivity contribution in [3.63, 3.8) is 0 Å². The lowest BCUT2D eigenvalue weighted by molar-refractivity contribution is 0.102. The van der Waals surface area contributed by atoms with E-state index in [1.54, 1.807) is 18.2 Å². The SMILES string of the molecule is O=C(Nc1ccc(F)cc1C(=O)Nc1ccc(Cl)cn1)c1ccc(N2CCCNCC2)nc1. The van der Waals surface area contributed by atoms with Gasteiger partial charge in [-0.25, -0.2) is 14.4 Å². The molecule has 0 saturated carbocycles. The molecule has 0 spiro atoms. The molecule has 0 aliphatic carbocycles. The van der Waals surface area contributed by atoms with Crippen molar-refractivity contribution in [3.8, 4) is 0 Å². The van der Waals surface area contributed by atoms with Gasteiger partial charge < -0.3 is 20.9 Å². The van der Waals surface area contributed by atoms with Crippen molar-refractivity contribution in [2.24, 2.45) is 0 Å². The maximum Gasteiger partial charge on any atom is 0.259 e. The van der Waals surface area contributed by atoms with Crippen molar-refractivity contribution in [2.75, 3.05) is 41.7 Å². The molecule has 170 valence electrons. The molecular weight excluding hydrogens is 447 g/mol. The third-order valence-corrected chi connectivity index (χ3v) is 5.34. The Morgan fingerprint density at radius 1 is 0.970 bits per heavy atom. The van der Waals surface area contributed by atoms with E-state index in [0.717, 1.165) is 44.5 Å². The van der Waals surface area contributed by atoms with E-state index in [0.29, 0.717) is 10.6 Å². The smallest absolute Gasteiger partial charge is 0.259 e. The Morgan fingerprint density at radius 2 is 1.85 bits per heavy atom. The summed E-state index contributed by atoms with van der Waals surface area (Å²) in [5.41, 5.74) is 0.444. The summed E-state index contributed by atoms with van der Waals surface area (Å²) in [4.78, 5) is 36.1. The number of aromatic nitrogens is 2. The summed E-state index contributed by atoms with van der Waals surface area (Å²) in [6.45, 7) is 3.58. The van der Waals surface area contributed by atoms with E-state index < -0.39 is 17.6 Å². The molecule has 10 heteroatoms. The van der Waals surface area contributed by atoms with Gasteiger partial charge in [0.15, 0.2) is 0 Å². The van der Waals surface area contributed by atoms with Gasteiger partial charge in [0.25, 0.3) is 11.8 Å². The van der Waals surface area contributed by atoms with E-state index in [4.69, 9.17) is 11.6 Å². The molecule has 1 saturated heterocycles. The number of benzene rings is 1. The summed E-state index contributed by atoms with van der Waals surface area (Å²) in [6, 6.07) is 10.1. The molecule has 4 rings (SSSR count). The molecule has 33 heavy (non-hydrogen) atoms. The fourth-order valence-electron chi connectivity index (χ4n) is 3.42. The Morgan fingerprint density at radius 3 is 2.61 bits per heavy atom. The summed E-state index contributed by atoms with van der Waals surface area (Å²) >= 11 is 5.80. The Balaban J connectivity index is 1.48. The van der Waals surface area contributed by atoms with Crippen LogP contribution in [0.15, 0.2) is 54.9 Å². The van der Waals surface area contributed by atoms with Crippen LogP contribution in [0.3, 0.4) is 0 Å². The maximum absolute atomic E-state index is 13.9. The van der Waals surface area contributed by atoms with Gasteiger partial charge >= 0.3 is 0 Å². The van der Waals surface area contributed by atoms with Crippen LogP contribution in [-0.4, -0.2) is 48.0 Å². The molecule has 0 radical (unpaired) electrons. The van der Waals surface area contributed by atoms with Crippen molar-refractivity contribution in [3.05, 3.63) is 76.8 Å². The molecule has 1 aliphatic rings. The molecule has 3 N–H and O–H groups in total. The maximum atomic E-state index is 13.9. The largest absolute Gasteiger partial charge is 0.355 e. The average Bonchev–Trinajstić information content (AvgIpc) is 3.11. The predicted molar refractivity (Wildman–Crippen MR) is 125 cm³/mol. The van der Waals surface area contributed by atoms with E-state index in [-0.39, 0.29) is 17.1 Å². The minimum atomic E-state index is -0.622. The van der Waals surface area contributed by atoms with Crippen LogP contribution in [0.25, 0.3) is 0 Å². The van der Waals surface area contributed by atoms with Crippen LogP contribution in [0.1, 0.15) is 27.1 Å². The predicted octanol–water partition coefficient (Wildman–Crippen LogP) is 3.57. The Bertz CT molecular complexity index is 1130. The topological polar surface area (TPSA) is 99.2 Å². The van der Waals surface area contributed by atoms with Gasteiger partial charge in [0.1, 0.15) is 17.5 Å². The van der Waals surface area contributed by atoms with E-state index in [2.05, 4.69) is 30.8 Å². The number of hydrogen-bond acceptors (Lipinski definition) is 6. The molecular formula is C23H22ClFN6O2. The molecule has 1 aliphatic heterocycles. The van der Waals surface area contributed by atoms with Crippen LogP contribution in [0, 0.1) is 5.82 Å². The molecule has 2 aromatic heterocycles. The molecule has 0 atom stereocenters. The first-order valence-electron chi connectivity index (χ1n) is 10.4. The molecule has 8 nitrogen and oxygen atoms in total. The number of pyridine rings is 2. The second-order valence-electron chi connectivity index (χ2n) is 7.46. The minimum Gasteiger partial charge on any atom is -0.355 e. The highest BCUT2D eigenvalue weighted by atomic mass is 35.5. The lowest BCUT2D eigenvalue weighted by Gasteiger charge is -2.21. The standard InChI is InChI=1S/C23H22ClFN6O2/c24-16-3-6-20(27-14-16)30-23(33)18-12-17(25)4-5-19(18)29-22(32)15-2-7-21(28-13-15)31-10-1-8-26-9-11-31/h2-7,12-14,26H,1,8-11H2,(H,29,32)(H,27,30,33). The number of carbonyl (C=O) groups is 2. The number of nitrogens with one attached hydrogen (secondary N) is 3. The molecule has 0 bridgehead atoms. The number of hydrogen-bond donors (Lipinski definition) is 3. The molecule has 1 aromatic carbocycles. The first-order chi connectivity index (χ1) is 16.0. The second kappa shape index (κ2) is 10.4. The van der Waals surface area contributed by atoms with Crippen molar-refractivity contribution in [1.82, 2.24) is 15.3 Å². The highest BCUT2D eigenvalue weighted by Crippen LogP contribution is 2.21. The monoisotopic (exact) mass is 468 g/mol. The highest BCUT2D eigenvalue weighted by molar-refractivity contribution is 6.30. The van der Waals surface area contributed by atoms with Crippen molar-refractivity contribution in [1.29, 1.82) is 0 Å². The zero-order valence-electron chi connectivity index (χ0n) is 17.6. The van der Waals surface area contributed by atoms with Gasteiger partial charge in [0.05, 0.1) is 21.8 Å². The number of amides is 2. The Hall–Kier alpha value is -3.56. The van der Waals surface area contributed by atoms with E-state index >= 15 is 0 Å². The van der Waals surface area contributed by atoms with Crippen LogP contribution in [-0.2, 0) is 0 Å². The number of anilines is 3. The number of carbonyl (C=O) groups excluding carboxylic acids is 2. The Kier molecular flexibility index (Phi) is 7.11. The van der Waals surface area contributed by atoms with E-state index in [9.17, 15) is 14.0 Å². The first-order valence-corrected chi connectivity index (χ1v) is 10.8. The molecule has 2 amide bonds. The van der Waals surface area contributed by atoms with Gasteiger partial charge in [0.2, 0.25) is 0 Å². The van der Waals surface area contributed by atoms with Crippen LogP contribution in [0.2, 0.25) is 5.02 Å². The lowest BCUT2D eigenvalue weighted by Crippen LogP contribution is -2.28. The van der Waals surface area contributed by atoms with Crippen molar-refractivity contribution >= 4 is 40.7 Å². The third-order valence-electron chi connectivity index (χ3n) is 5.12. The summed E-state index contributed by atoms with van der Waals surface area (Å²) in [5, 5.41) is 8.99. The molecule has 3 heterocycles. The van der Waals surface area contributed by atoms with Crippen molar-refractivity contribution < 1.29 is 14.0 Å². The van der Waals surface area contributed by atoms with Gasteiger partial charge in [-0.1, -0.05) is 11.6 Å². The summed E-state index contributed by atoms with van der Waals surface area (Å²) < 4.78 is 13.9. The van der Waals surface area contributed by atoms with E-state index in [1.807, 2.05) is 0 Å². The van der Waals surface area contributed by atoms with Crippen LogP contribution in [0.5, 0.6) is 0 Å². The van der Waals surface area contributed by atoms with Gasteiger partial charge in [-0.05, 0) is 55.4 Å². The fraction of sp³-hybridized carbons (Fsp3) is 0.217. The number of rotatable bonds is 5. The number of nitrogens with zero attached hydrogens (tertiary/aromatic N) is 3. The highest BCUT2D eigenvalue weighted by Gasteiger charge is 2.17. The van der Waals surface area contributed by atoms with Crippen LogP contribution in [0.4, 0.5) is 21.7 Å². The van der Waals surface area contributed by atoms with Crippen molar-refractivity contribution in [2.45, 2.75) is 6.42 Å². The molecule has 1 fully saturated rings. The van der Waals surface area contributed by atoms with Gasteiger partial charge in [-0.15, -0.1) is 0 Å². The number of halogens is 2. The second-order valence-corrected chi connectivity index (χ2v) is 7.89. The molecule has 3 aromatic rings. The van der Waals surface area contributed by atoms with Gasteiger partial charge in [0, 0.05) is 32.0 Å². The molecule has 0 unspecified atom stereocenters. The third kappa shape index (κ3) is 5.82. The normalized spacial score (nSPS) is 13.8. The van der Waals surface area contributed by atoms with E-state index in [1.165, 1.54) is 30.6 Å². The summed E-state index contributed by atoms with van der Waals surface area (Å²) in [7, 11) is 0. The summed E-state index contributed by atoms with van der Waals surface area (Å²) in [5.74, 6) is -0.651. The quantitative estimate of drug-likeness (QED) is 0.529. The minimum absolute atomic E-state index is 0.0400. The van der Waals surface area contributed by atoms with Crippen LogP contribution >= 0.6 is 11.6 Å². The summed E-state index contributed by atoms with van der Waals surface area (Å²) in [6.07, 6.45) is 3.89. The Labute approximate surface area is 195 Å². The lowest BCUT2D eigenvalue weighted by atomic mass is 10.1.